The molecule has 2 heteroatoms. The Balaban J connectivity index is 2.34. The number of benzene rings is 1. The second-order valence-corrected chi connectivity index (χ2v) is 8.07. The van der Waals surface area contributed by atoms with Crippen LogP contribution in [0.2, 0.25) is 0 Å². The molecule has 0 saturated carbocycles. The third-order valence-corrected chi connectivity index (χ3v) is 4.89. The predicted octanol–water partition coefficient (Wildman–Crippen LogP) is 7.79. The number of hydrogen-bond donors (Lipinski definition) is 2. The average molecular weight is 383 g/mol. The fourth-order valence-corrected chi connectivity index (χ4v) is 3.01. The molecule has 0 saturated heterocycles. The Labute approximate surface area is 172 Å². The number of phenolic OH excluding ortho intramolecular Hbond substituents is 2. The number of aromatic hydroxyl groups is 2. The summed E-state index contributed by atoms with van der Waals surface area (Å²) in [4.78, 5) is 0. The molecule has 0 radical (unpaired) electrons. The van der Waals surface area contributed by atoms with Crippen molar-refractivity contribution in [3.05, 3.63) is 70.4 Å². The highest BCUT2D eigenvalue weighted by Crippen LogP contribution is 2.23. The van der Waals surface area contributed by atoms with Gasteiger partial charge in [0.25, 0.3) is 0 Å². The molecule has 0 atom stereocenters. The van der Waals surface area contributed by atoms with Crippen molar-refractivity contribution in [2.24, 2.45) is 0 Å². The van der Waals surface area contributed by atoms with Gasteiger partial charge in [-0.15, -0.1) is 0 Å². The van der Waals surface area contributed by atoms with E-state index < -0.39 is 0 Å². The van der Waals surface area contributed by atoms with Crippen molar-refractivity contribution in [1.29, 1.82) is 0 Å². The van der Waals surface area contributed by atoms with Crippen LogP contribution in [-0.2, 0) is 6.42 Å². The van der Waals surface area contributed by atoms with Gasteiger partial charge in [0, 0.05) is 5.56 Å². The first-order valence-electron chi connectivity index (χ1n) is 10.4. The second kappa shape index (κ2) is 13.0. The minimum Gasteiger partial charge on any atom is -0.508 e. The second-order valence-electron chi connectivity index (χ2n) is 8.07. The number of phenols is 2. The predicted molar refractivity (Wildman–Crippen MR) is 122 cm³/mol. The standard InChI is InChI=1S/C26H38O2/c1-20(2)9-6-10-21(3)11-7-12-22(4)13-8-14-23(5)15-16-24-19-25(27)17-18-26(24)28/h9,11,13,15,17-19,27-28H,6-8,10,12,14,16H2,1-5H3/b21-11+,22-13+,23-15+. The zero-order valence-corrected chi connectivity index (χ0v) is 18.4. The largest absolute Gasteiger partial charge is 0.508 e. The number of rotatable bonds is 11. The third-order valence-electron chi connectivity index (χ3n) is 4.89. The van der Waals surface area contributed by atoms with E-state index in [2.05, 4.69) is 58.9 Å². The minimum absolute atomic E-state index is 0.193. The van der Waals surface area contributed by atoms with Crippen molar-refractivity contribution in [1.82, 2.24) is 0 Å². The van der Waals surface area contributed by atoms with Gasteiger partial charge in [0.2, 0.25) is 0 Å². The van der Waals surface area contributed by atoms with Crippen molar-refractivity contribution < 1.29 is 10.2 Å². The maximum atomic E-state index is 9.83. The van der Waals surface area contributed by atoms with Gasteiger partial charge in [0.1, 0.15) is 11.5 Å². The van der Waals surface area contributed by atoms with Crippen molar-refractivity contribution >= 4 is 0 Å². The van der Waals surface area contributed by atoms with Gasteiger partial charge in [0.05, 0.1) is 0 Å². The molecule has 1 aromatic rings. The highest BCUT2D eigenvalue weighted by molar-refractivity contribution is 5.39. The van der Waals surface area contributed by atoms with Crippen molar-refractivity contribution in [2.45, 2.75) is 79.6 Å². The molecule has 1 aromatic carbocycles. The Morgan fingerprint density at radius 2 is 1.21 bits per heavy atom. The fourth-order valence-electron chi connectivity index (χ4n) is 3.01. The topological polar surface area (TPSA) is 40.5 Å². The molecule has 0 aromatic heterocycles. The Morgan fingerprint density at radius 1 is 0.714 bits per heavy atom. The van der Waals surface area contributed by atoms with E-state index in [1.807, 2.05) is 0 Å². The van der Waals surface area contributed by atoms with Gasteiger partial charge < -0.3 is 10.2 Å². The molecule has 0 aliphatic heterocycles. The molecule has 0 amide bonds. The van der Waals surface area contributed by atoms with Gasteiger partial charge in [-0.1, -0.05) is 46.6 Å². The normalized spacial score (nSPS) is 13.0. The monoisotopic (exact) mass is 382 g/mol. The lowest BCUT2D eigenvalue weighted by molar-refractivity contribution is 0.455. The summed E-state index contributed by atoms with van der Waals surface area (Å²) >= 11 is 0. The van der Waals surface area contributed by atoms with Gasteiger partial charge in [-0.05, 0) is 97.8 Å². The summed E-state index contributed by atoms with van der Waals surface area (Å²) < 4.78 is 0. The van der Waals surface area contributed by atoms with E-state index in [9.17, 15) is 10.2 Å². The van der Waals surface area contributed by atoms with Crippen LogP contribution in [0.15, 0.2) is 64.8 Å². The Kier molecular flexibility index (Phi) is 11.1. The quantitative estimate of drug-likeness (QED) is 0.303. The van der Waals surface area contributed by atoms with Gasteiger partial charge in [0.15, 0.2) is 0 Å². The van der Waals surface area contributed by atoms with Crippen LogP contribution in [0.25, 0.3) is 0 Å². The maximum Gasteiger partial charge on any atom is 0.119 e. The molecule has 0 aliphatic rings. The van der Waals surface area contributed by atoms with Gasteiger partial charge in [-0.2, -0.15) is 0 Å². The average Bonchev–Trinajstić information content (AvgIpc) is 2.62. The number of allylic oxidation sites excluding steroid dienone is 8. The summed E-state index contributed by atoms with van der Waals surface area (Å²) in [6, 6.07) is 4.67. The molecular weight excluding hydrogens is 344 g/mol. The molecule has 2 N–H and O–H groups in total. The summed E-state index contributed by atoms with van der Waals surface area (Å²) in [5.41, 5.74) is 6.40. The Bertz CT molecular complexity index is 729. The molecule has 0 fully saturated rings. The van der Waals surface area contributed by atoms with E-state index in [1.54, 1.807) is 6.07 Å². The van der Waals surface area contributed by atoms with Crippen LogP contribution < -0.4 is 0 Å². The highest BCUT2D eigenvalue weighted by Gasteiger charge is 2.01. The highest BCUT2D eigenvalue weighted by atomic mass is 16.3. The van der Waals surface area contributed by atoms with E-state index in [0.29, 0.717) is 6.42 Å². The van der Waals surface area contributed by atoms with E-state index in [0.717, 1.165) is 44.1 Å². The first kappa shape index (κ1) is 23.8. The van der Waals surface area contributed by atoms with E-state index in [-0.39, 0.29) is 11.5 Å². The molecule has 1 rings (SSSR count). The van der Waals surface area contributed by atoms with Gasteiger partial charge >= 0.3 is 0 Å². The smallest absolute Gasteiger partial charge is 0.119 e. The van der Waals surface area contributed by atoms with Gasteiger partial charge in [-0.25, -0.2) is 0 Å². The van der Waals surface area contributed by atoms with E-state index in [4.69, 9.17) is 0 Å². The maximum absolute atomic E-state index is 9.83. The van der Waals surface area contributed by atoms with Crippen LogP contribution in [0, 0.1) is 0 Å². The Morgan fingerprint density at radius 3 is 1.75 bits per heavy atom. The molecule has 28 heavy (non-hydrogen) atoms. The van der Waals surface area contributed by atoms with E-state index >= 15 is 0 Å². The first-order chi connectivity index (χ1) is 13.3. The van der Waals surface area contributed by atoms with Crippen LogP contribution in [0.1, 0.15) is 78.7 Å². The van der Waals surface area contributed by atoms with Crippen molar-refractivity contribution in [3.8, 4) is 11.5 Å². The molecule has 154 valence electrons. The molecular formula is C26H38O2. The van der Waals surface area contributed by atoms with E-state index in [1.165, 1.54) is 34.4 Å². The summed E-state index contributed by atoms with van der Waals surface area (Å²) in [6.07, 6.45) is 16.4. The van der Waals surface area contributed by atoms with Crippen LogP contribution >= 0.6 is 0 Å². The lowest BCUT2D eigenvalue weighted by Gasteiger charge is -2.04. The fraction of sp³-hybridized carbons (Fsp3) is 0.462. The van der Waals surface area contributed by atoms with Crippen LogP contribution in [0.4, 0.5) is 0 Å². The SMILES string of the molecule is CC(C)=CCC/C(C)=C/CC/C(C)=C/CC/C(C)=C/Cc1cc(O)ccc1O. The summed E-state index contributed by atoms with van der Waals surface area (Å²) in [5, 5.41) is 19.4. The minimum atomic E-state index is 0.193. The van der Waals surface area contributed by atoms with Crippen LogP contribution in [0.3, 0.4) is 0 Å². The molecule has 0 unspecified atom stereocenters. The lowest BCUT2D eigenvalue weighted by Crippen LogP contribution is -1.85. The third kappa shape index (κ3) is 10.8. The zero-order chi connectivity index (χ0) is 20.9. The molecule has 0 aliphatic carbocycles. The van der Waals surface area contributed by atoms with Crippen LogP contribution in [-0.4, -0.2) is 10.2 Å². The first-order valence-corrected chi connectivity index (χ1v) is 10.4. The molecule has 0 spiro atoms. The summed E-state index contributed by atoms with van der Waals surface area (Å²) in [7, 11) is 0. The van der Waals surface area contributed by atoms with Crippen molar-refractivity contribution in [3.63, 3.8) is 0 Å². The zero-order valence-electron chi connectivity index (χ0n) is 18.4. The molecule has 2 nitrogen and oxygen atoms in total. The Hall–Kier alpha value is -2.22. The lowest BCUT2D eigenvalue weighted by atomic mass is 10.0. The molecule has 0 heterocycles. The number of hydrogen-bond acceptors (Lipinski definition) is 2. The van der Waals surface area contributed by atoms with Gasteiger partial charge in [-0.3, -0.25) is 0 Å². The van der Waals surface area contributed by atoms with Crippen LogP contribution in [0.5, 0.6) is 11.5 Å². The molecule has 0 bridgehead atoms. The summed E-state index contributed by atoms with van der Waals surface area (Å²) in [6.45, 7) is 10.9. The van der Waals surface area contributed by atoms with Crippen molar-refractivity contribution in [2.75, 3.05) is 0 Å². The summed E-state index contributed by atoms with van der Waals surface area (Å²) in [5.74, 6) is 0.431.